The minimum Gasteiger partial charge on any atom is -0.542 e. The Bertz CT molecular complexity index is 1310. The van der Waals surface area contributed by atoms with Gasteiger partial charge in [-0.25, -0.2) is 0 Å². The lowest BCUT2D eigenvalue weighted by Crippen LogP contribution is -2.50. The van der Waals surface area contributed by atoms with Crippen molar-refractivity contribution in [2.24, 2.45) is 0 Å². The number of quaternary nitrogens is 1. The van der Waals surface area contributed by atoms with Crippen molar-refractivity contribution in [2.75, 3.05) is 26.3 Å². The fourth-order valence-corrected chi connectivity index (χ4v) is 4.85. The first-order valence-electron chi connectivity index (χ1n) is 16.0. The van der Waals surface area contributed by atoms with Crippen LogP contribution < -0.4 is 20.3 Å². The topological polar surface area (TPSA) is 89.5 Å². The van der Waals surface area contributed by atoms with E-state index in [1.165, 1.54) is 22.3 Å². The normalized spacial score (nSPS) is 11.1. The molecule has 0 aliphatic rings. The zero-order valence-electron chi connectivity index (χ0n) is 26.8. The lowest BCUT2D eigenvalue weighted by atomic mass is 10.1. The molecule has 0 amide bonds. The number of carboxylic acids is 1. The van der Waals surface area contributed by atoms with Crippen LogP contribution in [0.3, 0.4) is 0 Å². The summed E-state index contributed by atoms with van der Waals surface area (Å²) < 4.78 is 43.5. The van der Waals surface area contributed by atoms with Crippen LogP contribution in [0.2, 0.25) is 0 Å². The molecule has 4 rings (SSSR count). The number of carbonyl (C=O) groups is 1. The van der Waals surface area contributed by atoms with Gasteiger partial charge in [0, 0.05) is 13.1 Å². The summed E-state index contributed by atoms with van der Waals surface area (Å²) >= 11 is 0. The molecule has 4 aromatic carbocycles. The second kappa shape index (κ2) is 20.7. The van der Waals surface area contributed by atoms with Crippen molar-refractivity contribution in [3.05, 3.63) is 131 Å². The number of halogens is 3. The van der Waals surface area contributed by atoms with Crippen LogP contribution in [0, 0.1) is 0 Å². The summed E-state index contributed by atoms with van der Waals surface area (Å²) in [7, 11) is 0. The van der Waals surface area contributed by atoms with Gasteiger partial charge in [0.25, 0.3) is 0 Å². The van der Waals surface area contributed by atoms with E-state index in [0.717, 1.165) is 89.4 Å². The Labute approximate surface area is 275 Å². The van der Waals surface area contributed by atoms with Crippen molar-refractivity contribution in [1.29, 1.82) is 0 Å². The summed E-state index contributed by atoms with van der Waals surface area (Å²) in [6, 6.07) is 38.4. The van der Waals surface area contributed by atoms with E-state index < -0.39 is 12.1 Å². The lowest BCUT2D eigenvalue weighted by Gasteiger charge is -2.23. The predicted octanol–water partition coefficient (Wildman–Crippen LogP) is 6.03. The number of carboxylic acid groups (broad SMARTS) is 1. The highest BCUT2D eigenvalue weighted by Gasteiger charge is 2.28. The third kappa shape index (κ3) is 15.7. The third-order valence-electron chi connectivity index (χ3n) is 7.31. The minimum absolute atomic E-state index is 0.734. The molecule has 0 bridgehead atoms. The minimum atomic E-state index is -5.19. The average Bonchev–Trinajstić information content (AvgIpc) is 3.07. The summed E-state index contributed by atoms with van der Waals surface area (Å²) in [6.45, 7) is 5.36. The van der Waals surface area contributed by atoms with Gasteiger partial charge in [-0.2, -0.15) is 13.2 Å². The first-order chi connectivity index (χ1) is 22.7. The number of benzene rings is 4. The molecular weight excluding hydrogens is 605 g/mol. The molecule has 0 saturated carbocycles. The van der Waals surface area contributed by atoms with Crippen molar-refractivity contribution in [3.63, 3.8) is 0 Å². The summed E-state index contributed by atoms with van der Waals surface area (Å²) in [5, 5.41) is 8.78. The Hall–Kier alpha value is -4.34. The Balaban J connectivity index is 0.000000771. The molecule has 0 aliphatic heterocycles. The van der Waals surface area contributed by atoms with E-state index in [1.54, 1.807) is 0 Å². The van der Waals surface area contributed by atoms with Crippen LogP contribution in [-0.2, 0) is 30.7 Å². The molecule has 0 unspecified atom stereocenters. The first-order valence-corrected chi connectivity index (χ1v) is 16.0. The summed E-state index contributed by atoms with van der Waals surface area (Å²) in [5.74, 6) is -1.12. The molecule has 47 heavy (non-hydrogen) atoms. The fourth-order valence-electron chi connectivity index (χ4n) is 4.85. The molecular formula is C38H45F3N2O4. The molecule has 0 radical (unpaired) electrons. The van der Waals surface area contributed by atoms with Crippen LogP contribution in [-0.4, -0.2) is 43.3 Å². The molecule has 9 heteroatoms. The van der Waals surface area contributed by atoms with Crippen molar-refractivity contribution in [1.82, 2.24) is 4.90 Å². The van der Waals surface area contributed by atoms with Gasteiger partial charge in [-0.05, 0) is 91.6 Å². The molecule has 0 aliphatic carbocycles. The van der Waals surface area contributed by atoms with E-state index in [4.69, 9.17) is 19.4 Å². The highest BCUT2D eigenvalue weighted by Crippen LogP contribution is 2.19. The first kappa shape index (κ1) is 37.1. The molecule has 0 saturated heterocycles. The Kier molecular flexibility index (Phi) is 16.4. The molecule has 6 nitrogen and oxygen atoms in total. The number of rotatable bonds is 18. The van der Waals surface area contributed by atoms with Gasteiger partial charge in [0.05, 0.1) is 19.8 Å². The molecule has 3 N–H and O–H groups in total. The van der Waals surface area contributed by atoms with E-state index >= 15 is 0 Å². The van der Waals surface area contributed by atoms with E-state index in [-0.39, 0.29) is 0 Å². The number of aryl methyl sites for hydroxylation is 2. The number of ether oxygens (including phenoxy) is 2. The Morgan fingerprint density at radius 1 is 0.617 bits per heavy atom. The maximum atomic E-state index is 10.5. The quantitative estimate of drug-likeness (QED) is 0.133. The van der Waals surface area contributed by atoms with Gasteiger partial charge >= 0.3 is 6.18 Å². The number of unbranched alkanes of at least 4 members (excludes halogenated alkanes) is 1. The van der Waals surface area contributed by atoms with Crippen LogP contribution >= 0.6 is 0 Å². The maximum absolute atomic E-state index is 10.5. The molecule has 0 atom stereocenters. The summed E-state index contributed by atoms with van der Waals surface area (Å²) in [6.07, 6.45) is 1.24. The number of aliphatic carboxylic acids is 1. The van der Waals surface area contributed by atoms with E-state index in [0.29, 0.717) is 0 Å². The van der Waals surface area contributed by atoms with Crippen LogP contribution in [0.15, 0.2) is 109 Å². The number of nitrogens with zero attached hydrogens (tertiary/aromatic N) is 1. The number of hydrogen-bond donors (Lipinski definition) is 1. The van der Waals surface area contributed by atoms with Gasteiger partial charge in [0.15, 0.2) is 0 Å². The number of hydrogen-bond acceptors (Lipinski definition) is 5. The highest BCUT2D eigenvalue weighted by atomic mass is 19.4. The lowest BCUT2D eigenvalue weighted by molar-refractivity contribution is -0.368. The van der Waals surface area contributed by atoms with Crippen molar-refractivity contribution in [2.45, 2.75) is 57.8 Å². The van der Waals surface area contributed by atoms with Crippen molar-refractivity contribution < 1.29 is 38.3 Å². The van der Waals surface area contributed by atoms with Gasteiger partial charge in [-0.15, -0.1) is 0 Å². The van der Waals surface area contributed by atoms with Crippen LogP contribution in [0.4, 0.5) is 13.2 Å². The van der Waals surface area contributed by atoms with Crippen molar-refractivity contribution >= 4 is 5.97 Å². The Morgan fingerprint density at radius 2 is 1.02 bits per heavy atom. The van der Waals surface area contributed by atoms with Gasteiger partial charge in [0.1, 0.15) is 17.5 Å². The van der Waals surface area contributed by atoms with Crippen molar-refractivity contribution in [3.8, 4) is 11.5 Å². The van der Waals surface area contributed by atoms with Crippen LogP contribution in [0.5, 0.6) is 11.5 Å². The zero-order chi connectivity index (χ0) is 33.7. The highest BCUT2D eigenvalue weighted by molar-refractivity contribution is 5.70. The largest absolute Gasteiger partial charge is 0.542 e. The molecule has 0 spiro atoms. The predicted molar refractivity (Wildman–Crippen MR) is 176 cm³/mol. The van der Waals surface area contributed by atoms with Gasteiger partial charge in [-0.3, -0.25) is 4.90 Å². The number of alkyl halides is 3. The van der Waals surface area contributed by atoms with Gasteiger partial charge in [-0.1, -0.05) is 84.9 Å². The standard InChI is InChI=1S/C36H44N2O2.C2HF3O2/c37-25-7-8-26-38(29-33-17-21-35(22-18-33)39-27-9-15-31-11-3-1-4-12-31)30-34-19-23-36(24-20-34)40-28-10-16-32-13-5-2-6-14-32;3-2(4,5)1(6)7/h1-6,11-14,17-24H,7-10,15-16,25-30,37H2;(H,6,7). The molecule has 0 aromatic heterocycles. The smallest absolute Gasteiger partial charge is 0.430 e. The molecule has 0 heterocycles. The Morgan fingerprint density at radius 3 is 1.38 bits per heavy atom. The van der Waals surface area contributed by atoms with Crippen LogP contribution in [0.25, 0.3) is 0 Å². The second-order valence-electron chi connectivity index (χ2n) is 11.2. The van der Waals surface area contributed by atoms with Gasteiger partial charge in [0.2, 0.25) is 0 Å². The van der Waals surface area contributed by atoms with Gasteiger partial charge < -0.3 is 25.1 Å². The molecule has 0 fully saturated rings. The average molecular weight is 651 g/mol. The molecule has 4 aromatic rings. The van der Waals surface area contributed by atoms with E-state index in [1.807, 2.05) is 0 Å². The molecule has 252 valence electrons. The zero-order valence-corrected chi connectivity index (χ0v) is 26.8. The summed E-state index contributed by atoms with van der Waals surface area (Å²) in [4.78, 5) is 11.3. The number of carbonyl (C=O) groups excluding carboxylic acids is 1. The second-order valence-corrected chi connectivity index (χ2v) is 11.2. The monoisotopic (exact) mass is 650 g/mol. The van der Waals surface area contributed by atoms with E-state index in [9.17, 15) is 13.2 Å². The van der Waals surface area contributed by atoms with Crippen LogP contribution in [0.1, 0.15) is 47.9 Å². The maximum Gasteiger partial charge on any atom is 0.430 e. The SMILES string of the molecule is O=C([O-])C(F)(F)F.[NH3+]CCCCN(Cc1ccc(OCCCc2ccccc2)cc1)Cc1ccc(OCCCc2ccccc2)cc1. The van der Waals surface area contributed by atoms with E-state index in [2.05, 4.69) is 120 Å². The third-order valence-corrected chi connectivity index (χ3v) is 7.31. The fraction of sp³-hybridized carbons (Fsp3) is 0.342. The summed E-state index contributed by atoms with van der Waals surface area (Å²) in [5.41, 5.74) is 9.36.